The van der Waals surface area contributed by atoms with Crippen molar-refractivity contribution < 1.29 is 4.39 Å². The summed E-state index contributed by atoms with van der Waals surface area (Å²) < 4.78 is 16.1. The summed E-state index contributed by atoms with van der Waals surface area (Å²) in [6.07, 6.45) is 11.6. The van der Waals surface area contributed by atoms with E-state index in [4.69, 9.17) is 0 Å². The monoisotopic (exact) mass is 512 g/mol. The minimum atomic E-state index is -0.261. The largest absolute Gasteiger partial charge is 0.352 e. The molecule has 1 aliphatic heterocycles. The van der Waals surface area contributed by atoms with Crippen LogP contribution in [0.3, 0.4) is 0 Å². The van der Waals surface area contributed by atoms with Gasteiger partial charge in [-0.3, -0.25) is 9.89 Å². The van der Waals surface area contributed by atoms with Gasteiger partial charge in [-0.1, -0.05) is 18.9 Å². The van der Waals surface area contributed by atoms with E-state index in [0.717, 1.165) is 30.5 Å². The number of guanidine groups is 1. The second-order valence-corrected chi connectivity index (χ2v) is 7.74. The van der Waals surface area contributed by atoms with Crippen molar-refractivity contribution >= 4 is 29.9 Å². The van der Waals surface area contributed by atoms with Gasteiger partial charge in [0.1, 0.15) is 5.82 Å². The number of nitrogens with zero attached hydrogens (tertiary/aromatic N) is 4. The van der Waals surface area contributed by atoms with E-state index in [9.17, 15) is 4.39 Å². The maximum Gasteiger partial charge on any atom is 0.191 e. The molecule has 1 aromatic heterocycles. The van der Waals surface area contributed by atoms with E-state index in [1.807, 2.05) is 6.07 Å². The number of nitrogens with one attached hydrogen (secondary N) is 2. The topological polar surface area (TPSA) is 57.5 Å². The molecule has 2 fully saturated rings. The van der Waals surface area contributed by atoms with E-state index in [0.29, 0.717) is 18.3 Å². The molecule has 1 aromatic carbocycles. The summed E-state index contributed by atoms with van der Waals surface area (Å²) in [5.41, 5.74) is 1.38. The molecule has 6 nitrogen and oxygen atoms in total. The van der Waals surface area contributed by atoms with Gasteiger partial charge in [0, 0.05) is 51.2 Å². The highest BCUT2D eigenvalue weighted by Crippen LogP contribution is 2.26. The molecule has 0 radical (unpaired) electrons. The smallest absolute Gasteiger partial charge is 0.191 e. The van der Waals surface area contributed by atoms with Gasteiger partial charge in [-0.2, -0.15) is 0 Å². The van der Waals surface area contributed by atoms with Crippen molar-refractivity contribution in [1.29, 1.82) is 0 Å². The average molecular weight is 512 g/mol. The van der Waals surface area contributed by atoms with E-state index in [1.54, 1.807) is 42.5 Å². The first-order valence-electron chi connectivity index (χ1n) is 10.2. The number of rotatable bonds is 5. The van der Waals surface area contributed by atoms with Gasteiger partial charge < -0.3 is 15.2 Å². The molecule has 0 spiro atoms. The van der Waals surface area contributed by atoms with Crippen LogP contribution in [-0.2, 0) is 6.54 Å². The zero-order chi connectivity index (χ0) is 19.3. The van der Waals surface area contributed by atoms with Crippen LogP contribution < -0.4 is 10.6 Å². The van der Waals surface area contributed by atoms with Crippen LogP contribution in [0.15, 0.2) is 41.9 Å². The van der Waals surface area contributed by atoms with E-state index >= 15 is 0 Å². The van der Waals surface area contributed by atoms with Gasteiger partial charge in [-0.25, -0.2) is 9.37 Å². The van der Waals surface area contributed by atoms with Crippen LogP contribution in [0.4, 0.5) is 4.39 Å². The van der Waals surface area contributed by atoms with Crippen LogP contribution >= 0.6 is 24.0 Å². The Balaban J connectivity index is 0.00000240. The Hall–Kier alpha value is -1.68. The highest BCUT2D eigenvalue weighted by atomic mass is 127. The lowest BCUT2D eigenvalue weighted by atomic mass is 10.2. The molecule has 2 aliphatic rings. The molecule has 0 amide bonds. The van der Waals surface area contributed by atoms with Gasteiger partial charge in [-0.15, -0.1) is 24.0 Å². The molecule has 0 bridgehead atoms. The summed E-state index contributed by atoms with van der Waals surface area (Å²) in [5.74, 6) is 0.514. The van der Waals surface area contributed by atoms with Crippen LogP contribution in [0.5, 0.6) is 0 Å². The van der Waals surface area contributed by atoms with E-state index in [1.165, 1.54) is 32.2 Å². The molecule has 1 saturated heterocycles. The molecule has 4 rings (SSSR count). The van der Waals surface area contributed by atoms with Gasteiger partial charge in [0.15, 0.2) is 5.96 Å². The first-order valence-corrected chi connectivity index (χ1v) is 10.2. The molecule has 2 N–H and O–H groups in total. The van der Waals surface area contributed by atoms with Crippen LogP contribution in [-0.4, -0.2) is 52.6 Å². The summed E-state index contributed by atoms with van der Waals surface area (Å²) in [6.45, 7) is 2.78. The molecule has 1 unspecified atom stereocenters. The molecule has 1 atom stereocenters. The van der Waals surface area contributed by atoms with Crippen LogP contribution in [0.2, 0.25) is 0 Å². The Kier molecular flexibility index (Phi) is 7.88. The van der Waals surface area contributed by atoms with Crippen molar-refractivity contribution in [3.05, 3.63) is 48.3 Å². The Labute approximate surface area is 189 Å². The predicted octanol–water partition coefficient (Wildman–Crippen LogP) is 3.31. The molecule has 158 valence electrons. The minimum Gasteiger partial charge on any atom is -0.352 e. The molecule has 2 aromatic rings. The third-order valence-electron chi connectivity index (χ3n) is 5.88. The zero-order valence-electron chi connectivity index (χ0n) is 16.9. The molecule has 29 heavy (non-hydrogen) atoms. The van der Waals surface area contributed by atoms with Gasteiger partial charge in [0.05, 0.1) is 12.0 Å². The van der Waals surface area contributed by atoms with Crippen molar-refractivity contribution in [2.24, 2.45) is 4.99 Å². The van der Waals surface area contributed by atoms with Crippen molar-refractivity contribution in [2.45, 2.75) is 50.7 Å². The lowest BCUT2D eigenvalue weighted by Crippen LogP contribution is -2.45. The summed E-state index contributed by atoms with van der Waals surface area (Å²) >= 11 is 0. The Morgan fingerprint density at radius 1 is 1.28 bits per heavy atom. The van der Waals surface area contributed by atoms with Crippen LogP contribution in [0.25, 0.3) is 5.69 Å². The zero-order valence-corrected chi connectivity index (χ0v) is 19.2. The molecular formula is C21H30FIN6. The highest BCUT2D eigenvalue weighted by molar-refractivity contribution is 14.0. The fraction of sp³-hybridized carbons (Fsp3) is 0.524. The van der Waals surface area contributed by atoms with E-state index < -0.39 is 0 Å². The lowest BCUT2D eigenvalue weighted by molar-refractivity contribution is 0.242. The second-order valence-electron chi connectivity index (χ2n) is 7.74. The third kappa shape index (κ3) is 5.48. The van der Waals surface area contributed by atoms with Crippen molar-refractivity contribution in [3.63, 3.8) is 0 Å². The summed E-state index contributed by atoms with van der Waals surface area (Å²) in [7, 11) is 1.78. The quantitative estimate of drug-likeness (QED) is 0.367. The number of aromatic nitrogens is 2. The standard InChI is InChI=1S/C21H29FN6.HI/c1-23-21(26-17-8-10-27(14-17)18-4-2-3-5-18)25-13-16-6-7-20(19(22)12-16)28-11-9-24-15-28;/h6-7,9,11-12,15,17-18H,2-5,8,10,13-14H2,1H3,(H2,23,25,26);1H. The van der Waals surface area contributed by atoms with Gasteiger partial charge in [0.2, 0.25) is 0 Å². The number of hydrogen-bond acceptors (Lipinski definition) is 3. The Morgan fingerprint density at radius 2 is 2.10 bits per heavy atom. The van der Waals surface area contributed by atoms with Crippen LogP contribution in [0, 0.1) is 5.82 Å². The van der Waals surface area contributed by atoms with Crippen molar-refractivity contribution in [3.8, 4) is 5.69 Å². The molecule has 1 saturated carbocycles. The first-order chi connectivity index (χ1) is 13.7. The summed E-state index contributed by atoms with van der Waals surface area (Å²) in [4.78, 5) is 10.9. The molecule has 8 heteroatoms. The third-order valence-corrected chi connectivity index (χ3v) is 5.88. The minimum absolute atomic E-state index is 0. The summed E-state index contributed by atoms with van der Waals surface area (Å²) in [5, 5.41) is 6.84. The van der Waals surface area contributed by atoms with Gasteiger partial charge in [-0.05, 0) is 37.0 Å². The van der Waals surface area contributed by atoms with E-state index in [-0.39, 0.29) is 29.8 Å². The number of imidazole rings is 1. The van der Waals surface area contributed by atoms with Crippen LogP contribution in [0.1, 0.15) is 37.7 Å². The second kappa shape index (κ2) is 10.4. The van der Waals surface area contributed by atoms with Crippen molar-refractivity contribution in [1.82, 2.24) is 25.1 Å². The fourth-order valence-corrected chi connectivity index (χ4v) is 4.35. The number of benzene rings is 1. The number of hydrogen-bond donors (Lipinski definition) is 2. The lowest BCUT2D eigenvalue weighted by Gasteiger charge is -2.24. The summed E-state index contributed by atoms with van der Waals surface area (Å²) in [6, 6.07) is 6.47. The predicted molar refractivity (Wildman–Crippen MR) is 125 cm³/mol. The fourth-order valence-electron chi connectivity index (χ4n) is 4.35. The van der Waals surface area contributed by atoms with E-state index in [2.05, 4.69) is 25.5 Å². The van der Waals surface area contributed by atoms with Gasteiger partial charge in [0.25, 0.3) is 0 Å². The van der Waals surface area contributed by atoms with Gasteiger partial charge >= 0.3 is 0 Å². The SMILES string of the molecule is CN=C(NCc1ccc(-n2ccnc2)c(F)c1)NC1CCN(C2CCCC2)C1.I. The molecular weight excluding hydrogens is 482 g/mol. The maximum absolute atomic E-state index is 14.4. The number of halogens is 2. The Morgan fingerprint density at radius 3 is 2.79 bits per heavy atom. The normalized spacial score (nSPS) is 20.6. The Bertz CT molecular complexity index is 804. The average Bonchev–Trinajstić information content (AvgIpc) is 3.47. The highest BCUT2D eigenvalue weighted by Gasteiger charge is 2.30. The number of likely N-dealkylation sites (tertiary alicyclic amines) is 1. The first kappa shape index (κ1) is 22.0. The van der Waals surface area contributed by atoms with Crippen molar-refractivity contribution in [2.75, 3.05) is 20.1 Å². The molecule has 2 heterocycles. The maximum atomic E-state index is 14.4. The molecule has 1 aliphatic carbocycles. The number of aliphatic imine (C=N–C) groups is 1.